The van der Waals surface area contributed by atoms with Crippen molar-refractivity contribution >= 4 is 0 Å². The number of benzene rings is 1. The van der Waals surface area contributed by atoms with Crippen molar-refractivity contribution in [3.8, 4) is 17.1 Å². The molecule has 3 rings (SSSR count). The first-order chi connectivity index (χ1) is 14.8. The van der Waals surface area contributed by atoms with Crippen LogP contribution in [-0.4, -0.2) is 16.6 Å². The first kappa shape index (κ1) is 22.8. The minimum absolute atomic E-state index is 0.718. The summed E-state index contributed by atoms with van der Waals surface area (Å²) < 4.78 is 6.11. The zero-order chi connectivity index (χ0) is 21.0. The van der Waals surface area contributed by atoms with E-state index < -0.39 is 0 Å². The lowest BCUT2D eigenvalue weighted by atomic mass is 9.80. The third-order valence-electron chi connectivity index (χ3n) is 6.52. The van der Waals surface area contributed by atoms with E-state index in [9.17, 15) is 0 Å². The number of aryl methyl sites for hydroxylation is 1. The maximum absolute atomic E-state index is 6.11. The van der Waals surface area contributed by atoms with Crippen molar-refractivity contribution in [2.75, 3.05) is 6.61 Å². The highest BCUT2D eigenvalue weighted by molar-refractivity contribution is 5.55. The lowest BCUT2D eigenvalue weighted by Crippen LogP contribution is -2.20. The average Bonchev–Trinajstić information content (AvgIpc) is 2.79. The van der Waals surface area contributed by atoms with E-state index >= 15 is 0 Å². The number of hydrogen-bond acceptors (Lipinski definition) is 3. The molecule has 0 spiro atoms. The van der Waals surface area contributed by atoms with Gasteiger partial charge in [0.1, 0.15) is 5.75 Å². The van der Waals surface area contributed by atoms with Gasteiger partial charge in [-0.15, -0.1) is 0 Å². The third kappa shape index (κ3) is 7.41. The molecule has 0 N–H and O–H groups in total. The lowest BCUT2D eigenvalue weighted by Gasteiger charge is -2.28. The Balaban J connectivity index is 1.36. The van der Waals surface area contributed by atoms with Crippen molar-refractivity contribution < 1.29 is 4.74 Å². The second-order valence-electron chi connectivity index (χ2n) is 9.09. The van der Waals surface area contributed by atoms with Crippen LogP contribution in [-0.2, 0) is 6.42 Å². The van der Waals surface area contributed by atoms with Crippen LogP contribution >= 0.6 is 0 Å². The molecule has 0 amide bonds. The molecule has 0 atom stereocenters. The molecule has 0 aliphatic heterocycles. The molecule has 0 unspecified atom stereocenters. The van der Waals surface area contributed by atoms with Crippen LogP contribution in [0.25, 0.3) is 11.4 Å². The molecule has 1 heterocycles. The molecule has 0 radical (unpaired) electrons. The van der Waals surface area contributed by atoms with E-state index in [2.05, 4.69) is 48.1 Å². The Bertz CT molecular complexity index is 703. The molecule has 1 fully saturated rings. The Morgan fingerprint density at radius 2 is 1.47 bits per heavy atom. The largest absolute Gasteiger partial charge is 0.493 e. The van der Waals surface area contributed by atoms with Crippen molar-refractivity contribution in [3.63, 3.8) is 0 Å². The molecular formula is C27H40N2O. The van der Waals surface area contributed by atoms with E-state index in [0.29, 0.717) is 0 Å². The Morgan fingerprint density at radius 1 is 0.800 bits per heavy atom. The van der Waals surface area contributed by atoms with Crippen LogP contribution in [0.1, 0.15) is 90.0 Å². The summed E-state index contributed by atoms with van der Waals surface area (Å²) in [6, 6.07) is 8.25. The summed E-state index contributed by atoms with van der Waals surface area (Å²) in [5.74, 6) is 3.43. The first-order valence-corrected chi connectivity index (χ1v) is 12.3. The van der Waals surface area contributed by atoms with Gasteiger partial charge in [-0.3, -0.25) is 0 Å². The molecule has 0 saturated heterocycles. The van der Waals surface area contributed by atoms with Crippen LogP contribution < -0.4 is 4.74 Å². The lowest BCUT2D eigenvalue weighted by molar-refractivity contribution is 0.177. The highest BCUT2D eigenvalue weighted by Gasteiger charge is 2.21. The molecule has 30 heavy (non-hydrogen) atoms. The van der Waals surface area contributed by atoms with Gasteiger partial charge in [0, 0.05) is 18.0 Å². The summed E-state index contributed by atoms with van der Waals surface area (Å²) in [7, 11) is 0. The monoisotopic (exact) mass is 408 g/mol. The zero-order valence-corrected chi connectivity index (χ0v) is 19.1. The van der Waals surface area contributed by atoms with Gasteiger partial charge in [0.2, 0.25) is 0 Å². The quantitative estimate of drug-likeness (QED) is 0.338. The van der Waals surface area contributed by atoms with Crippen molar-refractivity contribution in [2.45, 2.75) is 90.9 Å². The second kappa shape index (κ2) is 12.7. The molecule has 1 aromatic carbocycles. The topological polar surface area (TPSA) is 35.0 Å². The molecule has 1 aromatic heterocycles. The van der Waals surface area contributed by atoms with Crippen molar-refractivity contribution in [2.24, 2.45) is 11.8 Å². The molecule has 2 aromatic rings. The molecule has 0 bridgehead atoms. The van der Waals surface area contributed by atoms with Crippen molar-refractivity contribution in [1.82, 2.24) is 9.97 Å². The summed E-state index contributed by atoms with van der Waals surface area (Å²) in [6.07, 6.45) is 20.0. The Hall–Kier alpha value is -1.90. The number of aromatic nitrogens is 2. The predicted octanol–water partition coefficient (Wildman–Crippen LogP) is 7.64. The number of rotatable bonds is 12. The molecule has 1 aliphatic rings. The van der Waals surface area contributed by atoms with Gasteiger partial charge >= 0.3 is 0 Å². The first-order valence-electron chi connectivity index (χ1n) is 12.3. The van der Waals surface area contributed by atoms with Crippen LogP contribution in [0.2, 0.25) is 0 Å². The molecule has 1 saturated carbocycles. The predicted molar refractivity (Wildman–Crippen MR) is 126 cm³/mol. The minimum atomic E-state index is 0.718. The second-order valence-corrected chi connectivity index (χ2v) is 9.09. The summed E-state index contributed by atoms with van der Waals surface area (Å²) in [6.45, 7) is 5.32. The fourth-order valence-electron chi connectivity index (χ4n) is 4.56. The molecular weight excluding hydrogens is 368 g/mol. The average molecular weight is 409 g/mol. The Morgan fingerprint density at radius 3 is 2.13 bits per heavy atom. The fourth-order valence-corrected chi connectivity index (χ4v) is 4.56. The van der Waals surface area contributed by atoms with Crippen molar-refractivity contribution in [3.05, 3.63) is 42.2 Å². The van der Waals surface area contributed by atoms with Gasteiger partial charge in [-0.25, -0.2) is 9.97 Å². The van der Waals surface area contributed by atoms with Crippen LogP contribution in [0.3, 0.4) is 0 Å². The maximum Gasteiger partial charge on any atom is 0.159 e. The number of hydrogen-bond donors (Lipinski definition) is 0. The van der Waals surface area contributed by atoms with Gasteiger partial charge in [-0.05, 0) is 60.9 Å². The normalized spacial score (nSPS) is 19.0. The van der Waals surface area contributed by atoms with Gasteiger partial charge in [-0.1, -0.05) is 71.6 Å². The van der Waals surface area contributed by atoms with E-state index in [0.717, 1.165) is 48.4 Å². The zero-order valence-electron chi connectivity index (χ0n) is 19.1. The smallest absolute Gasteiger partial charge is 0.159 e. The van der Waals surface area contributed by atoms with Gasteiger partial charge in [0.05, 0.1) is 6.61 Å². The van der Waals surface area contributed by atoms with E-state index in [1.165, 1.54) is 69.8 Å². The molecule has 3 heteroatoms. The van der Waals surface area contributed by atoms with E-state index in [1.54, 1.807) is 0 Å². The molecule has 3 nitrogen and oxygen atoms in total. The number of nitrogens with zero attached hydrogens (tertiary/aromatic N) is 2. The molecule has 164 valence electrons. The van der Waals surface area contributed by atoms with Crippen LogP contribution in [0.15, 0.2) is 36.7 Å². The van der Waals surface area contributed by atoms with Gasteiger partial charge < -0.3 is 4.74 Å². The highest BCUT2D eigenvalue weighted by Crippen LogP contribution is 2.32. The van der Waals surface area contributed by atoms with Gasteiger partial charge in [0.25, 0.3) is 0 Å². The van der Waals surface area contributed by atoms with E-state index in [1.807, 2.05) is 12.4 Å². The third-order valence-corrected chi connectivity index (χ3v) is 6.52. The van der Waals surface area contributed by atoms with E-state index in [-0.39, 0.29) is 0 Å². The van der Waals surface area contributed by atoms with Crippen LogP contribution in [0.4, 0.5) is 0 Å². The summed E-state index contributed by atoms with van der Waals surface area (Å²) in [5, 5.41) is 0. The Kier molecular flexibility index (Phi) is 9.66. The summed E-state index contributed by atoms with van der Waals surface area (Å²) in [5.41, 5.74) is 2.25. The van der Waals surface area contributed by atoms with Gasteiger partial charge in [-0.2, -0.15) is 0 Å². The molecule has 1 aliphatic carbocycles. The highest BCUT2D eigenvalue weighted by atomic mass is 16.5. The summed E-state index contributed by atoms with van der Waals surface area (Å²) >= 11 is 0. The van der Waals surface area contributed by atoms with E-state index in [4.69, 9.17) is 4.74 Å². The number of ether oxygens (including phenoxy) is 1. The maximum atomic E-state index is 6.11. The minimum Gasteiger partial charge on any atom is -0.493 e. The standard InChI is InChI=1S/C27H40N2O/c1-3-5-6-7-8-10-22-11-13-23(14-12-22)21-30-26-17-15-25(16-18-26)27-28-19-24(9-4-2)20-29-27/h15-20,22-23H,3-14,21H2,1-2H3/t22-,23-. The Labute approximate surface area is 183 Å². The summed E-state index contributed by atoms with van der Waals surface area (Å²) in [4.78, 5) is 9.02. The van der Waals surface area contributed by atoms with Crippen LogP contribution in [0, 0.1) is 11.8 Å². The van der Waals surface area contributed by atoms with Gasteiger partial charge in [0.15, 0.2) is 5.82 Å². The fraction of sp³-hybridized carbons (Fsp3) is 0.630. The number of unbranched alkanes of at least 4 members (excludes halogenated alkanes) is 4. The van der Waals surface area contributed by atoms with Crippen LogP contribution in [0.5, 0.6) is 5.75 Å². The van der Waals surface area contributed by atoms with Crippen molar-refractivity contribution in [1.29, 1.82) is 0 Å². The SMILES string of the molecule is CCCCCCC[C@H]1CC[C@H](COc2ccc(-c3ncc(CCC)cn3)cc2)CC1.